The van der Waals surface area contributed by atoms with E-state index < -0.39 is 35.2 Å². The van der Waals surface area contributed by atoms with E-state index in [1.165, 1.54) is 6.92 Å². The van der Waals surface area contributed by atoms with Crippen LogP contribution in [0, 0.1) is 19.7 Å². The summed E-state index contributed by atoms with van der Waals surface area (Å²) in [6.45, 7) is 3.25. The highest BCUT2D eigenvalue weighted by Crippen LogP contribution is 2.37. The van der Waals surface area contributed by atoms with E-state index >= 15 is 0 Å². The Labute approximate surface area is 206 Å². The standard InChI is InChI=1S/C24H18ClF4N5O2/c1-11-5-3-4-6-13(11)10-34-12(2)20(21(33-34)24(27,28)29)32-23(36)15-8-19(22(30)35)31-18-9-17(26)16(25)7-14(15)18/h3-9H,10H2,1-2H3,(H2,30,35)(H,32,36). The van der Waals surface area contributed by atoms with Crippen molar-refractivity contribution >= 4 is 40.0 Å². The molecule has 0 unspecified atom stereocenters. The minimum Gasteiger partial charge on any atom is -0.364 e. The van der Waals surface area contributed by atoms with Gasteiger partial charge in [0.1, 0.15) is 11.5 Å². The van der Waals surface area contributed by atoms with E-state index in [-0.39, 0.29) is 39.4 Å². The van der Waals surface area contributed by atoms with E-state index in [2.05, 4.69) is 15.4 Å². The highest BCUT2D eigenvalue weighted by atomic mass is 35.5. The molecule has 0 aliphatic heterocycles. The lowest BCUT2D eigenvalue weighted by Crippen LogP contribution is -2.19. The second-order valence-electron chi connectivity index (χ2n) is 8.05. The predicted molar refractivity (Wildman–Crippen MR) is 125 cm³/mol. The third-order valence-electron chi connectivity index (χ3n) is 5.64. The third-order valence-corrected chi connectivity index (χ3v) is 5.93. The average molecular weight is 520 g/mol. The molecule has 4 aromatic rings. The summed E-state index contributed by atoms with van der Waals surface area (Å²) in [6.07, 6.45) is -4.88. The molecule has 12 heteroatoms. The number of nitrogens with one attached hydrogen (secondary N) is 1. The lowest BCUT2D eigenvalue weighted by molar-refractivity contribution is -0.140. The van der Waals surface area contributed by atoms with Gasteiger partial charge in [0, 0.05) is 11.5 Å². The molecule has 0 spiro atoms. The maximum absolute atomic E-state index is 14.0. The number of pyridine rings is 1. The molecule has 0 saturated heterocycles. The summed E-state index contributed by atoms with van der Waals surface area (Å²) in [5.74, 6) is -2.89. The number of primary amides is 1. The van der Waals surface area contributed by atoms with Crippen LogP contribution < -0.4 is 11.1 Å². The number of hydrogen-bond acceptors (Lipinski definition) is 4. The van der Waals surface area contributed by atoms with Gasteiger partial charge >= 0.3 is 6.18 Å². The van der Waals surface area contributed by atoms with Gasteiger partial charge in [-0.1, -0.05) is 35.9 Å². The largest absolute Gasteiger partial charge is 0.437 e. The van der Waals surface area contributed by atoms with Crippen molar-refractivity contribution in [2.24, 2.45) is 5.73 Å². The molecule has 0 atom stereocenters. The number of anilines is 1. The second-order valence-corrected chi connectivity index (χ2v) is 8.46. The molecule has 0 radical (unpaired) electrons. The zero-order valence-corrected chi connectivity index (χ0v) is 19.6. The van der Waals surface area contributed by atoms with Gasteiger partial charge in [0.05, 0.1) is 34.0 Å². The van der Waals surface area contributed by atoms with Crippen molar-refractivity contribution in [1.82, 2.24) is 14.8 Å². The maximum atomic E-state index is 14.0. The van der Waals surface area contributed by atoms with Crippen LogP contribution in [0.2, 0.25) is 5.02 Å². The summed E-state index contributed by atoms with van der Waals surface area (Å²) in [6, 6.07) is 10.1. The van der Waals surface area contributed by atoms with Crippen LogP contribution in [0.4, 0.5) is 23.2 Å². The Kier molecular flexibility index (Phi) is 6.44. The number of carbonyl (C=O) groups is 2. The van der Waals surface area contributed by atoms with Crippen LogP contribution in [0.3, 0.4) is 0 Å². The van der Waals surface area contributed by atoms with Gasteiger partial charge in [-0.05, 0) is 37.1 Å². The topological polar surface area (TPSA) is 103 Å². The molecule has 3 N–H and O–H groups in total. The fraction of sp³-hybridized carbons (Fsp3) is 0.167. The number of nitrogens with two attached hydrogens (primary N) is 1. The number of carbonyl (C=O) groups excluding carboxylic acids is 2. The minimum absolute atomic E-state index is 0.0161. The highest BCUT2D eigenvalue weighted by Gasteiger charge is 2.39. The number of amides is 2. The molecular weight excluding hydrogens is 502 g/mol. The quantitative estimate of drug-likeness (QED) is 0.351. The zero-order chi connectivity index (χ0) is 26.4. The number of aryl methyl sites for hydroxylation is 1. The number of benzene rings is 2. The molecule has 0 bridgehead atoms. The smallest absolute Gasteiger partial charge is 0.364 e. The van der Waals surface area contributed by atoms with E-state index in [4.69, 9.17) is 17.3 Å². The van der Waals surface area contributed by atoms with E-state index in [9.17, 15) is 27.2 Å². The van der Waals surface area contributed by atoms with Gasteiger partial charge in [0.25, 0.3) is 11.8 Å². The monoisotopic (exact) mass is 519 g/mol. The number of hydrogen-bond donors (Lipinski definition) is 2. The van der Waals surface area contributed by atoms with Crippen LogP contribution in [0.1, 0.15) is 43.4 Å². The van der Waals surface area contributed by atoms with Crippen molar-refractivity contribution in [3.63, 3.8) is 0 Å². The minimum atomic E-state index is -4.88. The summed E-state index contributed by atoms with van der Waals surface area (Å²) in [4.78, 5) is 28.9. The molecule has 0 saturated carbocycles. The Balaban J connectivity index is 1.82. The van der Waals surface area contributed by atoms with Gasteiger partial charge in [-0.3, -0.25) is 14.3 Å². The normalized spacial score (nSPS) is 11.6. The number of aromatic nitrogens is 3. The SMILES string of the molecule is Cc1ccccc1Cn1nc(C(F)(F)F)c(NC(=O)c2cc(C(N)=O)nc3cc(F)c(Cl)cc23)c1C. The summed E-state index contributed by atoms with van der Waals surface area (Å²) in [7, 11) is 0. The van der Waals surface area contributed by atoms with Gasteiger partial charge in [0.2, 0.25) is 0 Å². The summed E-state index contributed by atoms with van der Waals surface area (Å²) < 4.78 is 56.8. The van der Waals surface area contributed by atoms with E-state index in [1.807, 2.05) is 13.0 Å². The number of alkyl halides is 3. The Bertz CT molecular complexity index is 1530. The summed E-state index contributed by atoms with van der Waals surface area (Å²) >= 11 is 5.84. The first-order chi connectivity index (χ1) is 16.9. The molecule has 0 aliphatic carbocycles. The average Bonchev–Trinajstić information content (AvgIpc) is 3.11. The third kappa shape index (κ3) is 4.74. The number of fused-ring (bicyclic) bond motifs is 1. The molecule has 2 aromatic carbocycles. The fourth-order valence-corrected chi connectivity index (χ4v) is 3.88. The van der Waals surface area contributed by atoms with Gasteiger partial charge < -0.3 is 11.1 Å². The van der Waals surface area contributed by atoms with E-state index in [0.29, 0.717) is 0 Å². The van der Waals surface area contributed by atoms with Crippen molar-refractivity contribution in [3.05, 3.63) is 87.1 Å². The Hall–Kier alpha value is -3.99. The second kappa shape index (κ2) is 9.23. The van der Waals surface area contributed by atoms with Crippen molar-refractivity contribution < 1.29 is 27.2 Å². The molecule has 0 aliphatic rings. The predicted octanol–water partition coefficient (Wildman–Crippen LogP) is 5.26. The summed E-state index contributed by atoms with van der Waals surface area (Å²) in [5.41, 5.74) is 4.32. The molecule has 36 heavy (non-hydrogen) atoms. The molecule has 186 valence electrons. The van der Waals surface area contributed by atoms with Crippen LogP contribution in [0.25, 0.3) is 10.9 Å². The first-order valence-electron chi connectivity index (χ1n) is 10.5. The van der Waals surface area contributed by atoms with Crippen molar-refractivity contribution in [2.45, 2.75) is 26.6 Å². The molecule has 0 fully saturated rings. The number of nitrogens with zero attached hydrogens (tertiary/aromatic N) is 3. The van der Waals surface area contributed by atoms with Crippen LogP contribution in [-0.4, -0.2) is 26.6 Å². The van der Waals surface area contributed by atoms with E-state index in [1.54, 1.807) is 18.2 Å². The molecule has 2 aromatic heterocycles. The van der Waals surface area contributed by atoms with Crippen LogP contribution in [0.15, 0.2) is 42.5 Å². The molecule has 2 heterocycles. The lowest BCUT2D eigenvalue weighted by atomic mass is 10.1. The molecule has 2 amide bonds. The van der Waals surface area contributed by atoms with Crippen LogP contribution >= 0.6 is 11.6 Å². The van der Waals surface area contributed by atoms with Crippen LogP contribution in [0.5, 0.6) is 0 Å². The van der Waals surface area contributed by atoms with Crippen molar-refractivity contribution in [3.8, 4) is 0 Å². The van der Waals surface area contributed by atoms with Crippen molar-refractivity contribution in [1.29, 1.82) is 0 Å². The van der Waals surface area contributed by atoms with Gasteiger partial charge in [-0.15, -0.1) is 0 Å². The van der Waals surface area contributed by atoms with Gasteiger partial charge in [0.15, 0.2) is 5.69 Å². The molecular formula is C24H18ClF4N5O2. The Morgan fingerprint density at radius 2 is 1.83 bits per heavy atom. The van der Waals surface area contributed by atoms with E-state index in [0.717, 1.165) is 34.0 Å². The first kappa shape index (κ1) is 25.1. The Morgan fingerprint density at radius 3 is 2.47 bits per heavy atom. The number of rotatable bonds is 5. The highest BCUT2D eigenvalue weighted by molar-refractivity contribution is 6.31. The van der Waals surface area contributed by atoms with Crippen molar-refractivity contribution in [2.75, 3.05) is 5.32 Å². The fourth-order valence-electron chi connectivity index (χ4n) is 3.71. The zero-order valence-electron chi connectivity index (χ0n) is 18.9. The molecule has 4 rings (SSSR count). The number of halogens is 5. The lowest BCUT2D eigenvalue weighted by Gasteiger charge is -2.12. The Morgan fingerprint density at radius 1 is 1.14 bits per heavy atom. The van der Waals surface area contributed by atoms with Crippen LogP contribution in [-0.2, 0) is 12.7 Å². The maximum Gasteiger partial charge on any atom is 0.437 e. The first-order valence-corrected chi connectivity index (χ1v) is 10.8. The van der Waals surface area contributed by atoms with Gasteiger partial charge in [-0.25, -0.2) is 9.37 Å². The summed E-state index contributed by atoms with van der Waals surface area (Å²) in [5, 5.41) is 5.65. The molecule has 7 nitrogen and oxygen atoms in total. The van der Waals surface area contributed by atoms with Gasteiger partial charge in [-0.2, -0.15) is 18.3 Å².